The monoisotopic (exact) mass is 408 g/mol. The highest BCUT2D eigenvalue weighted by Gasteiger charge is 2.11. The molecule has 0 saturated heterocycles. The summed E-state index contributed by atoms with van der Waals surface area (Å²) in [5.74, 6) is -1.32. The summed E-state index contributed by atoms with van der Waals surface area (Å²) in [7, 11) is 0. The van der Waals surface area contributed by atoms with Crippen LogP contribution in [0.2, 0.25) is 10.0 Å². The van der Waals surface area contributed by atoms with Crippen molar-refractivity contribution in [3.05, 3.63) is 79.8 Å². The normalized spacial score (nSPS) is 10.6. The molecule has 0 aromatic heterocycles. The Morgan fingerprint density at radius 3 is 2.63 bits per heavy atom. The van der Waals surface area contributed by atoms with Gasteiger partial charge < -0.3 is 10.1 Å². The number of hydrogen-bond acceptors (Lipinski definition) is 5. The van der Waals surface area contributed by atoms with E-state index in [1.54, 1.807) is 24.3 Å². The molecule has 9 heteroatoms. The Hall–Kier alpha value is -2.90. The molecule has 0 aliphatic rings. The number of amides is 1. The number of halogens is 2. The summed E-state index contributed by atoms with van der Waals surface area (Å²) in [5, 5.41) is 14.3. The van der Waals surface area contributed by atoms with E-state index in [2.05, 4.69) is 5.32 Å². The van der Waals surface area contributed by atoms with Crippen molar-refractivity contribution >= 4 is 46.8 Å². The van der Waals surface area contributed by atoms with Gasteiger partial charge in [0, 0.05) is 28.7 Å². The van der Waals surface area contributed by atoms with Crippen LogP contribution >= 0.6 is 23.2 Å². The summed E-state index contributed by atoms with van der Waals surface area (Å²) in [6.07, 6.45) is 2.28. The largest absolute Gasteiger partial charge is 0.452 e. The minimum atomic E-state index is -0.798. The molecule has 140 valence electrons. The van der Waals surface area contributed by atoms with Crippen molar-refractivity contribution in [3.8, 4) is 0 Å². The highest BCUT2D eigenvalue weighted by Crippen LogP contribution is 2.21. The fourth-order valence-corrected chi connectivity index (χ4v) is 2.52. The summed E-state index contributed by atoms with van der Waals surface area (Å²) in [5.41, 5.74) is 0.775. The molecular weight excluding hydrogens is 395 g/mol. The van der Waals surface area contributed by atoms with Crippen LogP contribution in [0.1, 0.15) is 11.1 Å². The van der Waals surface area contributed by atoms with Crippen molar-refractivity contribution in [2.75, 3.05) is 6.61 Å². The number of carbonyl (C=O) groups is 2. The lowest BCUT2D eigenvalue weighted by molar-refractivity contribution is -0.385. The maximum absolute atomic E-state index is 11.7. The molecule has 1 N–H and O–H groups in total. The van der Waals surface area contributed by atoms with Gasteiger partial charge in [-0.3, -0.25) is 14.9 Å². The van der Waals surface area contributed by atoms with Gasteiger partial charge in [0.15, 0.2) is 6.61 Å². The molecule has 0 spiro atoms. The van der Waals surface area contributed by atoms with E-state index in [0.717, 1.165) is 6.08 Å². The summed E-state index contributed by atoms with van der Waals surface area (Å²) in [6, 6.07) is 10.8. The zero-order valence-corrected chi connectivity index (χ0v) is 15.4. The van der Waals surface area contributed by atoms with E-state index in [-0.39, 0.29) is 17.8 Å². The Labute approximate surface area is 164 Å². The van der Waals surface area contributed by atoms with E-state index in [1.807, 2.05) is 0 Å². The number of esters is 1. The molecule has 0 aliphatic heterocycles. The second-order valence-electron chi connectivity index (χ2n) is 5.27. The first-order valence-electron chi connectivity index (χ1n) is 7.65. The van der Waals surface area contributed by atoms with Gasteiger partial charge in [-0.2, -0.15) is 0 Å². The SMILES string of the molecule is O=C(COC(=O)/C=C/c1ccccc1[N+](=O)[O-])NCc1ccc(Cl)cc1Cl. The smallest absolute Gasteiger partial charge is 0.331 e. The fourth-order valence-electron chi connectivity index (χ4n) is 2.05. The van der Waals surface area contributed by atoms with Crippen molar-refractivity contribution in [2.24, 2.45) is 0 Å². The first kappa shape index (κ1) is 20.4. The Morgan fingerprint density at radius 1 is 1.19 bits per heavy atom. The molecule has 0 unspecified atom stereocenters. The van der Waals surface area contributed by atoms with Gasteiger partial charge in [-0.05, 0) is 29.8 Å². The lowest BCUT2D eigenvalue weighted by atomic mass is 10.1. The number of carbonyl (C=O) groups excluding carboxylic acids is 2. The molecule has 0 heterocycles. The molecule has 0 fully saturated rings. The van der Waals surface area contributed by atoms with E-state index < -0.39 is 23.4 Å². The minimum Gasteiger partial charge on any atom is -0.452 e. The molecule has 1 amide bonds. The molecule has 0 aliphatic carbocycles. The molecule has 2 aromatic rings. The zero-order valence-electron chi connectivity index (χ0n) is 13.9. The van der Waals surface area contributed by atoms with Crippen LogP contribution in [0.5, 0.6) is 0 Å². The van der Waals surface area contributed by atoms with Crippen LogP contribution in [0.4, 0.5) is 5.69 Å². The Morgan fingerprint density at radius 2 is 1.93 bits per heavy atom. The van der Waals surface area contributed by atoms with Gasteiger partial charge in [-0.15, -0.1) is 0 Å². The van der Waals surface area contributed by atoms with E-state index in [1.165, 1.54) is 24.3 Å². The van der Waals surface area contributed by atoms with Gasteiger partial charge in [0.25, 0.3) is 11.6 Å². The van der Waals surface area contributed by atoms with Gasteiger partial charge in [-0.1, -0.05) is 41.4 Å². The van der Waals surface area contributed by atoms with Gasteiger partial charge in [-0.25, -0.2) is 4.79 Å². The summed E-state index contributed by atoms with van der Waals surface area (Å²) in [6.45, 7) is -0.344. The lowest BCUT2D eigenvalue weighted by Gasteiger charge is -2.07. The standard InChI is InChI=1S/C18H14Cl2N2O5/c19-14-7-5-13(15(20)9-14)10-21-17(23)11-27-18(24)8-6-12-3-1-2-4-16(12)22(25)26/h1-9H,10-11H2,(H,21,23)/b8-6+. The molecular formula is C18H14Cl2N2O5. The maximum atomic E-state index is 11.7. The number of nitrogens with zero attached hydrogens (tertiary/aromatic N) is 1. The van der Waals surface area contributed by atoms with E-state index >= 15 is 0 Å². The second-order valence-corrected chi connectivity index (χ2v) is 6.11. The van der Waals surface area contributed by atoms with Gasteiger partial charge >= 0.3 is 5.97 Å². The van der Waals surface area contributed by atoms with Crippen molar-refractivity contribution in [1.82, 2.24) is 5.32 Å². The van der Waals surface area contributed by atoms with Crippen LogP contribution in [0, 0.1) is 10.1 Å². The van der Waals surface area contributed by atoms with Crippen molar-refractivity contribution in [2.45, 2.75) is 6.54 Å². The van der Waals surface area contributed by atoms with Crippen molar-refractivity contribution in [3.63, 3.8) is 0 Å². The predicted molar refractivity (Wildman–Crippen MR) is 101 cm³/mol. The number of rotatable bonds is 7. The Balaban J connectivity index is 1.83. The number of nitro groups is 1. The zero-order chi connectivity index (χ0) is 19.8. The number of nitro benzene ring substituents is 1. The third-order valence-electron chi connectivity index (χ3n) is 3.37. The fraction of sp³-hybridized carbons (Fsp3) is 0.111. The topological polar surface area (TPSA) is 98.5 Å². The highest BCUT2D eigenvalue weighted by molar-refractivity contribution is 6.35. The quantitative estimate of drug-likeness (QED) is 0.325. The molecule has 27 heavy (non-hydrogen) atoms. The molecule has 7 nitrogen and oxygen atoms in total. The Bertz CT molecular complexity index is 899. The first-order chi connectivity index (χ1) is 12.9. The molecule has 0 radical (unpaired) electrons. The number of hydrogen-bond donors (Lipinski definition) is 1. The van der Waals surface area contributed by atoms with Gasteiger partial charge in [0.1, 0.15) is 0 Å². The molecule has 2 rings (SSSR count). The van der Waals surface area contributed by atoms with E-state index in [9.17, 15) is 19.7 Å². The third kappa shape index (κ3) is 6.40. The van der Waals surface area contributed by atoms with E-state index in [0.29, 0.717) is 15.6 Å². The predicted octanol–water partition coefficient (Wildman–Crippen LogP) is 3.77. The van der Waals surface area contributed by atoms with Crippen LogP contribution < -0.4 is 5.32 Å². The van der Waals surface area contributed by atoms with Crippen LogP contribution in [-0.4, -0.2) is 23.4 Å². The van der Waals surface area contributed by atoms with Crippen LogP contribution in [0.3, 0.4) is 0 Å². The first-order valence-corrected chi connectivity index (χ1v) is 8.41. The van der Waals surface area contributed by atoms with Gasteiger partial charge in [0.2, 0.25) is 0 Å². The number of para-hydroxylation sites is 1. The molecule has 2 aromatic carbocycles. The molecule has 0 saturated carbocycles. The summed E-state index contributed by atoms with van der Waals surface area (Å²) >= 11 is 11.8. The van der Waals surface area contributed by atoms with Crippen molar-refractivity contribution in [1.29, 1.82) is 0 Å². The average molecular weight is 409 g/mol. The Kier molecular flexibility index (Phi) is 7.34. The van der Waals surface area contributed by atoms with Crippen LogP contribution in [0.15, 0.2) is 48.5 Å². The van der Waals surface area contributed by atoms with Gasteiger partial charge in [0.05, 0.1) is 10.5 Å². The van der Waals surface area contributed by atoms with E-state index in [4.69, 9.17) is 27.9 Å². The van der Waals surface area contributed by atoms with Crippen molar-refractivity contribution < 1.29 is 19.2 Å². The number of benzene rings is 2. The maximum Gasteiger partial charge on any atom is 0.331 e. The molecule has 0 bridgehead atoms. The minimum absolute atomic E-state index is 0.140. The lowest BCUT2D eigenvalue weighted by Crippen LogP contribution is -2.28. The second kappa shape index (κ2) is 9.70. The average Bonchev–Trinajstić information content (AvgIpc) is 2.64. The number of ether oxygens (including phenoxy) is 1. The third-order valence-corrected chi connectivity index (χ3v) is 3.96. The highest BCUT2D eigenvalue weighted by atomic mass is 35.5. The number of nitrogens with one attached hydrogen (secondary N) is 1. The van der Waals surface area contributed by atoms with Crippen LogP contribution in [0.25, 0.3) is 6.08 Å². The van der Waals surface area contributed by atoms with Crippen LogP contribution in [-0.2, 0) is 20.9 Å². The summed E-state index contributed by atoms with van der Waals surface area (Å²) < 4.78 is 4.80. The molecule has 0 atom stereocenters. The summed E-state index contributed by atoms with van der Waals surface area (Å²) in [4.78, 5) is 33.8.